The van der Waals surface area contributed by atoms with Crippen LogP contribution in [0.4, 0.5) is 0 Å². The molecule has 5 rings (SSSR count). The first-order valence-electron chi connectivity index (χ1n) is 10.9. The van der Waals surface area contributed by atoms with Crippen LogP contribution < -0.4 is 11.1 Å². The van der Waals surface area contributed by atoms with Crippen LogP contribution >= 0.6 is 0 Å². The third-order valence-electron chi connectivity index (χ3n) is 5.76. The van der Waals surface area contributed by atoms with Crippen LogP contribution in [-0.4, -0.2) is 8.97 Å². The predicted molar refractivity (Wildman–Crippen MR) is 133 cm³/mol. The monoisotopic (exact) mass is 422 g/mol. The van der Waals surface area contributed by atoms with Gasteiger partial charge in [-0.1, -0.05) is 74.5 Å². The SMILES string of the molecule is CC.Cc1c(C)c(=O)n2c3ccccc3c(=O)n(-c3ccccc3)c2c1-c1ccccc1. The third kappa shape index (κ3) is 3.25. The Morgan fingerprint density at radius 3 is 1.84 bits per heavy atom. The highest BCUT2D eigenvalue weighted by molar-refractivity contribution is 5.89. The Balaban J connectivity index is 0.00000119. The van der Waals surface area contributed by atoms with E-state index in [1.807, 2.05) is 107 Å². The Labute approximate surface area is 187 Å². The van der Waals surface area contributed by atoms with E-state index in [1.54, 1.807) is 15.0 Å². The average Bonchev–Trinajstić information content (AvgIpc) is 2.85. The molecule has 3 aromatic carbocycles. The number of hydrogen-bond acceptors (Lipinski definition) is 2. The summed E-state index contributed by atoms with van der Waals surface area (Å²) in [6.07, 6.45) is 0. The molecule has 0 fully saturated rings. The minimum atomic E-state index is -0.142. The normalized spacial score (nSPS) is 10.8. The Kier molecular flexibility index (Phi) is 5.78. The molecule has 160 valence electrons. The second kappa shape index (κ2) is 8.67. The van der Waals surface area contributed by atoms with E-state index in [2.05, 4.69) is 0 Å². The van der Waals surface area contributed by atoms with Crippen molar-refractivity contribution in [3.05, 3.63) is 117 Å². The zero-order valence-corrected chi connectivity index (χ0v) is 18.8. The molecule has 2 heterocycles. The topological polar surface area (TPSA) is 43.5 Å². The zero-order chi connectivity index (χ0) is 22.8. The van der Waals surface area contributed by atoms with Crippen molar-refractivity contribution in [3.8, 4) is 16.8 Å². The molecule has 5 aromatic rings. The summed E-state index contributed by atoms with van der Waals surface area (Å²) in [5.74, 6) is 0. The Morgan fingerprint density at radius 1 is 0.625 bits per heavy atom. The highest BCUT2D eigenvalue weighted by atomic mass is 16.1. The van der Waals surface area contributed by atoms with Crippen LogP contribution in [0.1, 0.15) is 25.0 Å². The molecule has 4 nitrogen and oxygen atoms in total. The summed E-state index contributed by atoms with van der Waals surface area (Å²) in [6, 6.07) is 26.7. The number of benzene rings is 3. The van der Waals surface area contributed by atoms with E-state index in [4.69, 9.17) is 0 Å². The lowest BCUT2D eigenvalue weighted by molar-refractivity contribution is 0.957. The van der Waals surface area contributed by atoms with Gasteiger partial charge >= 0.3 is 0 Å². The largest absolute Gasteiger partial charge is 0.269 e. The van der Waals surface area contributed by atoms with Crippen molar-refractivity contribution in [2.45, 2.75) is 27.7 Å². The first-order chi connectivity index (χ1) is 15.6. The number of para-hydroxylation sites is 2. The molecule has 0 aliphatic heterocycles. The van der Waals surface area contributed by atoms with Crippen molar-refractivity contribution < 1.29 is 0 Å². The van der Waals surface area contributed by atoms with Crippen molar-refractivity contribution in [2.75, 3.05) is 0 Å². The fourth-order valence-electron chi connectivity index (χ4n) is 4.16. The van der Waals surface area contributed by atoms with Crippen molar-refractivity contribution >= 4 is 16.6 Å². The first-order valence-corrected chi connectivity index (χ1v) is 10.9. The standard InChI is InChI=1S/C26H20N2O2.C2H6/c1-17-18(2)25(29)28-22-16-10-9-15-21(22)26(30)27(20-13-7-4-8-14-20)24(28)23(17)19-11-5-3-6-12-19;1-2/h3-16H,1-2H3;1-2H3. The van der Waals surface area contributed by atoms with E-state index in [1.165, 1.54) is 0 Å². The quantitative estimate of drug-likeness (QED) is 0.332. The summed E-state index contributed by atoms with van der Waals surface area (Å²) in [7, 11) is 0. The van der Waals surface area contributed by atoms with Gasteiger partial charge < -0.3 is 0 Å². The van der Waals surface area contributed by atoms with Crippen molar-refractivity contribution in [1.29, 1.82) is 0 Å². The molecule has 0 saturated heterocycles. The van der Waals surface area contributed by atoms with E-state index in [0.717, 1.165) is 22.4 Å². The molecule has 0 radical (unpaired) electrons. The lowest BCUT2D eigenvalue weighted by Crippen LogP contribution is -2.29. The van der Waals surface area contributed by atoms with Gasteiger partial charge in [0, 0.05) is 11.1 Å². The summed E-state index contributed by atoms with van der Waals surface area (Å²) in [4.78, 5) is 27.2. The van der Waals surface area contributed by atoms with Gasteiger partial charge in [-0.15, -0.1) is 0 Å². The Morgan fingerprint density at radius 2 is 1.19 bits per heavy atom. The van der Waals surface area contributed by atoms with Crippen LogP contribution in [0.15, 0.2) is 94.5 Å². The van der Waals surface area contributed by atoms with Crippen LogP contribution in [0.2, 0.25) is 0 Å². The Bertz CT molecular complexity index is 1530. The van der Waals surface area contributed by atoms with Gasteiger partial charge in [0.15, 0.2) is 0 Å². The lowest BCUT2D eigenvalue weighted by atomic mass is 9.98. The zero-order valence-electron chi connectivity index (χ0n) is 18.8. The number of rotatable bonds is 2. The van der Waals surface area contributed by atoms with Gasteiger partial charge in [0.05, 0.1) is 16.6 Å². The van der Waals surface area contributed by atoms with Gasteiger partial charge in [0.1, 0.15) is 5.65 Å². The summed E-state index contributed by atoms with van der Waals surface area (Å²) in [5.41, 5.74) is 5.10. The molecular weight excluding hydrogens is 396 g/mol. The summed E-state index contributed by atoms with van der Waals surface area (Å²) < 4.78 is 3.35. The molecule has 0 bridgehead atoms. The summed E-state index contributed by atoms with van der Waals surface area (Å²) in [6.45, 7) is 7.80. The van der Waals surface area contributed by atoms with Crippen molar-refractivity contribution in [2.24, 2.45) is 0 Å². The third-order valence-corrected chi connectivity index (χ3v) is 5.76. The molecule has 4 heteroatoms. The minimum absolute atomic E-state index is 0.108. The van der Waals surface area contributed by atoms with Crippen LogP contribution in [0.25, 0.3) is 33.4 Å². The summed E-state index contributed by atoms with van der Waals surface area (Å²) in [5, 5.41) is 0.512. The predicted octanol–water partition coefficient (Wildman–Crippen LogP) is 5.91. The number of nitrogens with zero attached hydrogens (tertiary/aromatic N) is 2. The molecule has 0 atom stereocenters. The molecule has 32 heavy (non-hydrogen) atoms. The van der Waals surface area contributed by atoms with Gasteiger partial charge in [0.25, 0.3) is 11.1 Å². The van der Waals surface area contributed by atoms with E-state index in [-0.39, 0.29) is 11.1 Å². The highest BCUT2D eigenvalue weighted by Crippen LogP contribution is 2.31. The van der Waals surface area contributed by atoms with Crippen molar-refractivity contribution in [3.63, 3.8) is 0 Å². The van der Waals surface area contributed by atoms with E-state index in [9.17, 15) is 9.59 Å². The van der Waals surface area contributed by atoms with Crippen LogP contribution in [0, 0.1) is 13.8 Å². The van der Waals surface area contributed by atoms with Gasteiger partial charge in [-0.2, -0.15) is 0 Å². The van der Waals surface area contributed by atoms with E-state index < -0.39 is 0 Å². The van der Waals surface area contributed by atoms with E-state index in [0.29, 0.717) is 22.1 Å². The molecule has 0 saturated carbocycles. The number of hydrogen-bond donors (Lipinski definition) is 0. The van der Waals surface area contributed by atoms with E-state index >= 15 is 0 Å². The maximum atomic E-state index is 13.7. The number of pyridine rings is 1. The second-order valence-corrected chi connectivity index (χ2v) is 7.45. The smallest absolute Gasteiger partial charge is 0.266 e. The molecule has 0 aliphatic rings. The molecule has 0 N–H and O–H groups in total. The second-order valence-electron chi connectivity index (χ2n) is 7.45. The summed E-state index contributed by atoms with van der Waals surface area (Å²) >= 11 is 0. The highest BCUT2D eigenvalue weighted by Gasteiger charge is 2.21. The van der Waals surface area contributed by atoms with Crippen LogP contribution in [-0.2, 0) is 0 Å². The fourth-order valence-corrected chi connectivity index (χ4v) is 4.16. The van der Waals surface area contributed by atoms with Crippen LogP contribution in [0.3, 0.4) is 0 Å². The molecule has 0 unspecified atom stereocenters. The number of fused-ring (bicyclic) bond motifs is 3. The lowest BCUT2D eigenvalue weighted by Gasteiger charge is -2.20. The Hall–Kier alpha value is -3.92. The fraction of sp³-hybridized carbons (Fsp3) is 0.143. The van der Waals surface area contributed by atoms with Gasteiger partial charge in [-0.25, -0.2) is 0 Å². The van der Waals surface area contributed by atoms with Gasteiger partial charge in [-0.05, 0) is 49.2 Å². The minimum Gasteiger partial charge on any atom is -0.269 e. The van der Waals surface area contributed by atoms with Crippen molar-refractivity contribution in [1.82, 2.24) is 8.97 Å². The molecule has 2 aromatic heterocycles. The number of aromatic nitrogens is 2. The molecule has 0 amide bonds. The molecule has 0 spiro atoms. The first kappa shape index (κ1) is 21.3. The molecule has 0 aliphatic carbocycles. The van der Waals surface area contributed by atoms with Crippen LogP contribution in [0.5, 0.6) is 0 Å². The van der Waals surface area contributed by atoms with Gasteiger partial charge in [-0.3, -0.25) is 18.6 Å². The maximum absolute atomic E-state index is 13.7. The average molecular weight is 423 g/mol. The maximum Gasteiger partial charge on any atom is 0.266 e. The van der Waals surface area contributed by atoms with Gasteiger partial charge in [0.2, 0.25) is 0 Å². The molecular formula is C28H26N2O2.